The van der Waals surface area contributed by atoms with Gasteiger partial charge in [0.25, 0.3) is 10.0 Å². The number of hydrogen-bond donors (Lipinski definition) is 2. The van der Waals surface area contributed by atoms with Crippen molar-refractivity contribution in [1.82, 2.24) is 13.9 Å². The van der Waals surface area contributed by atoms with E-state index in [-0.39, 0.29) is 32.9 Å². The van der Waals surface area contributed by atoms with Gasteiger partial charge in [-0.25, -0.2) is 22.2 Å². The summed E-state index contributed by atoms with van der Waals surface area (Å²) in [5, 5.41) is 9.06. The number of nitrogens with one attached hydrogen (secondary N) is 1. The van der Waals surface area contributed by atoms with Crippen LogP contribution in [0.1, 0.15) is 18.2 Å². The zero-order chi connectivity index (χ0) is 24.3. The lowest BCUT2D eigenvalue weighted by Crippen LogP contribution is -2.19. The van der Waals surface area contributed by atoms with Crippen molar-refractivity contribution in [1.29, 1.82) is 0 Å². The van der Waals surface area contributed by atoms with Crippen LogP contribution in [0.2, 0.25) is 0 Å². The van der Waals surface area contributed by atoms with E-state index in [1.54, 1.807) is 32.0 Å². The van der Waals surface area contributed by atoms with E-state index >= 15 is 0 Å². The quantitative estimate of drug-likeness (QED) is 0.368. The van der Waals surface area contributed by atoms with Gasteiger partial charge in [-0.05, 0) is 32.1 Å². The fraction of sp³-hybridized carbons (Fsp3) is 0.136. The molecule has 1 atom stereocenters. The van der Waals surface area contributed by atoms with Crippen LogP contribution in [0.15, 0.2) is 81.8 Å². The van der Waals surface area contributed by atoms with Gasteiger partial charge in [0, 0.05) is 23.5 Å². The molecule has 0 bridgehead atoms. The summed E-state index contributed by atoms with van der Waals surface area (Å²) in [5.74, 6) is -1.51. The van der Waals surface area contributed by atoms with Crippen molar-refractivity contribution in [3.05, 3.63) is 93.3 Å². The Kier molecular flexibility index (Phi) is 6.94. The van der Waals surface area contributed by atoms with E-state index in [2.05, 4.69) is 16.5 Å². The van der Waals surface area contributed by atoms with Gasteiger partial charge >= 0.3 is 5.97 Å². The predicted octanol–water partition coefficient (Wildman–Crippen LogP) is 2.62. The van der Waals surface area contributed by atoms with Gasteiger partial charge in [0.1, 0.15) is 0 Å². The first kappa shape index (κ1) is 24.1. The minimum atomic E-state index is -4.43. The van der Waals surface area contributed by atoms with Crippen LogP contribution in [0.3, 0.4) is 0 Å². The van der Waals surface area contributed by atoms with E-state index in [4.69, 9.17) is 0 Å². The van der Waals surface area contributed by atoms with E-state index in [1.165, 1.54) is 30.5 Å². The maximum absolute atomic E-state index is 13.4. The molecule has 0 saturated heterocycles. The van der Waals surface area contributed by atoms with E-state index < -0.39 is 31.7 Å². The lowest BCUT2D eigenvalue weighted by atomic mass is 10.2. The molecule has 33 heavy (non-hydrogen) atoms. The predicted molar refractivity (Wildman–Crippen MR) is 126 cm³/mol. The third kappa shape index (κ3) is 4.78. The van der Waals surface area contributed by atoms with Crippen LogP contribution in [0.25, 0.3) is 11.0 Å². The Bertz CT molecular complexity index is 1510. The Morgan fingerprint density at radius 2 is 2.00 bits per heavy atom. The summed E-state index contributed by atoms with van der Waals surface area (Å²) >= 11 is 0. The summed E-state index contributed by atoms with van der Waals surface area (Å²) < 4.78 is 40.9. The Morgan fingerprint density at radius 3 is 2.67 bits per heavy atom. The van der Waals surface area contributed by atoms with Crippen LogP contribution >= 0.6 is 0 Å². The summed E-state index contributed by atoms with van der Waals surface area (Å²) in [7, 11) is -6.41. The van der Waals surface area contributed by atoms with Crippen LogP contribution in [-0.2, 0) is 31.4 Å². The van der Waals surface area contributed by atoms with Gasteiger partial charge in [-0.3, -0.25) is 9.00 Å². The van der Waals surface area contributed by atoms with Gasteiger partial charge < -0.3 is 10.1 Å². The van der Waals surface area contributed by atoms with Gasteiger partial charge in [-0.1, -0.05) is 30.9 Å². The third-order valence-corrected chi connectivity index (χ3v) is 7.74. The number of hydrogen-bond acceptors (Lipinski definition) is 6. The number of para-hydroxylation sites is 2. The molecule has 9 nitrogen and oxygen atoms in total. The summed E-state index contributed by atoms with van der Waals surface area (Å²) in [6, 6.07) is 7.66. The number of pyridine rings is 1. The smallest absolute Gasteiger partial charge is 0.335 e. The summed E-state index contributed by atoms with van der Waals surface area (Å²) in [6.07, 6.45) is 5.04. The zero-order valence-corrected chi connectivity index (χ0v) is 19.4. The first-order valence-electron chi connectivity index (χ1n) is 9.63. The molecule has 0 fully saturated rings. The van der Waals surface area contributed by atoms with Crippen molar-refractivity contribution in [2.24, 2.45) is 0 Å². The number of allylic oxidation sites excluding steroid dienone is 2. The SMILES string of the molecule is C=C(/C=C(\C=C/C)C(=O)O)S(=O)(=O)n1c(S(=O)Cc2[nH]ccc(=O)c2C)nc2ccccc21. The molecule has 0 saturated carbocycles. The first-order chi connectivity index (χ1) is 15.6. The molecule has 2 N–H and O–H groups in total. The number of nitrogens with zero attached hydrogens (tertiary/aromatic N) is 2. The molecule has 172 valence electrons. The number of fused-ring (bicyclic) bond motifs is 1. The van der Waals surface area contributed by atoms with Crippen LogP contribution in [0.4, 0.5) is 0 Å². The van der Waals surface area contributed by atoms with Crippen LogP contribution in [0.5, 0.6) is 0 Å². The second-order valence-electron chi connectivity index (χ2n) is 6.96. The van der Waals surface area contributed by atoms with Gasteiger partial charge in [0.05, 0.1) is 38.1 Å². The minimum absolute atomic E-state index is 0.164. The molecular formula is C22H21N3O6S2. The van der Waals surface area contributed by atoms with Crippen molar-refractivity contribution in [3.63, 3.8) is 0 Å². The van der Waals surface area contributed by atoms with Crippen LogP contribution in [-0.4, -0.2) is 37.6 Å². The number of carboxylic acids is 1. The number of benzene rings is 1. The fourth-order valence-electron chi connectivity index (χ4n) is 3.03. The molecule has 0 amide bonds. The molecule has 3 rings (SSSR count). The van der Waals surface area contributed by atoms with Crippen molar-refractivity contribution in [3.8, 4) is 0 Å². The normalized spacial score (nSPS) is 13.5. The summed E-state index contributed by atoms with van der Waals surface area (Å²) in [6.45, 7) is 6.71. The van der Waals surface area contributed by atoms with E-state index in [1.807, 2.05) is 0 Å². The van der Waals surface area contributed by atoms with E-state index in [9.17, 15) is 27.3 Å². The molecule has 0 aliphatic heterocycles. The maximum atomic E-state index is 13.4. The lowest BCUT2D eigenvalue weighted by Gasteiger charge is -2.11. The number of imidazole rings is 1. The number of aromatic nitrogens is 3. The van der Waals surface area contributed by atoms with Crippen molar-refractivity contribution >= 4 is 37.8 Å². The van der Waals surface area contributed by atoms with Crippen LogP contribution < -0.4 is 5.43 Å². The highest BCUT2D eigenvalue weighted by atomic mass is 32.2. The Labute approximate surface area is 192 Å². The van der Waals surface area contributed by atoms with E-state index in [0.29, 0.717) is 11.3 Å². The number of rotatable bonds is 8. The number of aromatic amines is 1. The van der Waals surface area contributed by atoms with Crippen molar-refractivity contribution in [2.75, 3.05) is 0 Å². The molecular weight excluding hydrogens is 466 g/mol. The molecule has 2 aromatic heterocycles. The van der Waals surface area contributed by atoms with Gasteiger partial charge in [0.15, 0.2) is 5.43 Å². The molecule has 1 unspecified atom stereocenters. The molecule has 0 aliphatic rings. The Morgan fingerprint density at radius 1 is 1.30 bits per heavy atom. The number of H-pyrrole nitrogens is 1. The standard InChI is InChI=1S/C22H21N3O6S2/c1-4-7-16(21(27)28)12-14(2)33(30,31)25-19-9-6-5-8-17(19)24-22(25)32(29)13-18-15(3)20(26)10-11-23-18/h4-12H,2,13H2,1,3H3,(H,23,26)(H,27,28)/b7-4-,16-12+. The molecule has 0 spiro atoms. The minimum Gasteiger partial charge on any atom is -0.478 e. The van der Waals surface area contributed by atoms with Gasteiger partial charge in [0.2, 0.25) is 5.16 Å². The molecule has 11 heteroatoms. The molecule has 2 heterocycles. The zero-order valence-electron chi connectivity index (χ0n) is 17.8. The van der Waals surface area contributed by atoms with Gasteiger partial charge in [-0.15, -0.1) is 0 Å². The largest absolute Gasteiger partial charge is 0.478 e. The van der Waals surface area contributed by atoms with Crippen LogP contribution in [0, 0.1) is 6.92 Å². The molecule has 0 radical (unpaired) electrons. The average molecular weight is 488 g/mol. The maximum Gasteiger partial charge on any atom is 0.335 e. The number of carbonyl (C=O) groups is 1. The third-order valence-electron chi connectivity index (χ3n) is 4.77. The summed E-state index contributed by atoms with van der Waals surface area (Å²) in [4.78, 5) is 30.0. The molecule has 1 aromatic carbocycles. The highest BCUT2D eigenvalue weighted by Gasteiger charge is 2.28. The number of carboxylic acid groups (broad SMARTS) is 1. The summed E-state index contributed by atoms with van der Waals surface area (Å²) in [5.41, 5.74) is 0.669. The monoisotopic (exact) mass is 487 g/mol. The second-order valence-corrected chi connectivity index (χ2v) is 10.1. The Hall–Kier alpha value is -3.57. The molecule has 3 aromatic rings. The van der Waals surface area contributed by atoms with Crippen molar-refractivity contribution < 1.29 is 22.5 Å². The van der Waals surface area contributed by atoms with Crippen molar-refractivity contribution in [2.45, 2.75) is 24.8 Å². The first-order valence-corrected chi connectivity index (χ1v) is 12.4. The average Bonchev–Trinajstić information content (AvgIpc) is 3.17. The second kappa shape index (κ2) is 9.51. The fourth-order valence-corrected chi connectivity index (χ4v) is 5.92. The topological polar surface area (TPSA) is 139 Å². The molecule has 0 aliphatic carbocycles. The number of aliphatic carboxylic acids is 1. The lowest BCUT2D eigenvalue weighted by molar-refractivity contribution is -0.132. The highest BCUT2D eigenvalue weighted by Crippen LogP contribution is 2.26. The van der Waals surface area contributed by atoms with E-state index in [0.717, 1.165) is 10.0 Å². The Balaban J connectivity index is 2.17. The highest BCUT2D eigenvalue weighted by molar-refractivity contribution is 7.94. The van der Waals surface area contributed by atoms with Gasteiger partial charge in [-0.2, -0.15) is 0 Å².